The summed E-state index contributed by atoms with van der Waals surface area (Å²) in [5.74, 6) is -0.0363. The summed E-state index contributed by atoms with van der Waals surface area (Å²) in [7, 11) is 1.64. The molecule has 0 aliphatic heterocycles. The zero-order valence-corrected chi connectivity index (χ0v) is 9.50. The first-order valence-electron chi connectivity index (χ1n) is 5.05. The lowest BCUT2D eigenvalue weighted by molar-refractivity contribution is 0.0507. The highest BCUT2D eigenvalue weighted by molar-refractivity contribution is 5.14. The second kappa shape index (κ2) is 4.17. The molecule has 0 amide bonds. The van der Waals surface area contributed by atoms with Gasteiger partial charge in [-0.2, -0.15) is 4.80 Å². The summed E-state index contributed by atoms with van der Waals surface area (Å²) in [6.07, 6.45) is 1.23. The van der Waals surface area contributed by atoms with Gasteiger partial charge >= 0.3 is 0 Å². The predicted octanol–water partition coefficient (Wildman–Crippen LogP) is 0.194. The molecule has 1 atom stereocenters. The van der Waals surface area contributed by atoms with Gasteiger partial charge in [0, 0.05) is 6.42 Å². The zero-order valence-electron chi connectivity index (χ0n) is 9.50. The standard InChI is InChI=1S/C10H12FN5O/c1-10(17,5-9-13-15-16(2)14-9)8-4-3-7(11)6-12-8/h3-4,6,17H,5H2,1-2H3. The van der Waals surface area contributed by atoms with Crippen molar-refractivity contribution in [2.45, 2.75) is 18.9 Å². The van der Waals surface area contributed by atoms with Crippen LogP contribution in [0.2, 0.25) is 0 Å². The molecule has 0 bridgehead atoms. The van der Waals surface area contributed by atoms with E-state index in [0.29, 0.717) is 11.5 Å². The van der Waals surface area contributed by atoms with Crippen LogP contribution >= 0.6 is 0 Å². The summed E-state index contributed by atoms with van der Waals surface area (Å²) in [5, 5.41) is 21.7. The maximum atomic E-state index is 12.7. The SMILES string of the molecule is Cn1nnc(CC(C)(O)c2ccc(F)cn2)n1. The van der Waals surface area contributed by atoms with Gasteiger partial charge in [0.2, 0.25) is 0 Å². The topological polar surface area (TPSA) is 76.7 Å². The Kier molecular flexibility index (Phi) is 2.84. The van der Waals surface area contributed by atoms with Gasteiger partial charge in [-0.1, -0.05) is 0 Å². The molecule has 1 N–H and O–H groups in total. The molecule has 2 rings (SSSR count). The lowest BCUT2D eigenvalue weighted by atomic mass is 9.97. The van der Waals surface area contributed by atoms with Crippen molar-refractivity contribution >= 4 is 0 Å². The molecule has 17 heavy (non-hydrogen) atoms. The van der Waals surface area contributed by atoms with Gasteiger partial charge in [0.05, 0.1) is 18.9 Å². The summed E-state index contributed by atoms with van der Waals surface area (Å²) >= 11 is 0. The van der Waals surface area contributed by atoms with E-state index in [4.69, 9.17) is 0 Å². The van der Waals surface area contributed by atoms with Gasteiger partial charge in [0.1, 0.15) is 11.4 Å². The maximum Gasteiger partial charge on any atom is 0.178 e. The maximum absolute atomic E-state index is 12.7. The Morgan fingerprint density at radius 3 is 2.76 bits per heavy atom. The van der Waals surface area contributed by atoms with Gasteiger partial charge in [-0.3, -0.25) is 4.98 Å². The Morgan fingerprint density at radius 1 is 1.47 bits per heavy atom. The molecule has 0 spiro atoms. The van der Waals surface area contributed by atoms with E-state index in [1.54, 1.807) is 14.0 Å². The van der Waals surface area contributed by atoms with Crippen LogP contribution in [-0.2, 0) is 19.1 Å². The number of aliphatic hydroxyl groups is 1. The van der Waals surface area contributed by atoms with Crippen LogP contribution < -0.4 is 0 Å². The molecule has 7 heteroatoms. The molecule has 2 heterocycles. The van der Waals surface area contributed by atoms with Crippen molar-refractivity contribution in [1.29, 1.82) is 0 Å². The zero-order chi connectivity index (χ0) is 12.5. The van der Waals surface area contributed by atoms with Crippen molar-refractivity contribution in [2.24, 2.45) is 7.05 Å². The third-order valence-corrected chi connectivity index (χ3v) is 2.33. The number of rotatable bonds is 3. The highest BCUT2D eigenvalue weighted by Gasteiger charge is 2.27. The van der Waals surface area contributed by atoms with Crippen LogP contribution in [0.3, 0.4) is 0 Å². The van der Waals surface area contributed by atoms with E-state index in [-0.39, 0.29) is 6.42 Å². The molecular weight excluding hydrogens is 225 g/mol. The molecule has 6 nitrogen and oxygen atoms in total. The summed E-state index contributed by atoms with van der Waals surface area (Å²) in [6, 6.07) is 2.69. The number of nitrogens with zero attached hydrogens (tertiary/aromatic N) is 5. The number of aromatic nitrogens is 5. The minimum absolute atomic E-state index is 0.166. The fourth-order valence-electron chi connectivity index (χ4n) is 1.49. The molecular formula is C10H12FN5O. The van der Waals surface area contributed by atoms with Crippen LogP contribution in [0.5, 0.6) is 0 Å². The largest absolute Gasteiger partial charge is 0.383 e. The fraction of sp³-hybridized carbons (Fsp3) is 0.400. The van der Waals surface area contributed by atoms with Crippen LogP contribution in [-0.4, -0.2) is 30.3 Å². The van der Waals surface area contributed by atoms with E-state index in [0.717, 1.165) is 6.20 Å². The molecule has 90 valence electrons. The Labute approximate surface area is 97.1 Å². The fourth-order valence-corrected chi connectivity index (χ4v) is 1.49. The van der Waals surface area contributed by atoms with Gasteiger partial charge in [-0.25, -0.2) is 4.39 Å². The van der Waals surface area contributed by atoms with Crippen LogP contribution in [0.25, 0.3) is 0 Å². The molecule has 1 unspecified atom stereocenters. The Bertz CT molecular complexity index is 508. The van der Waals surface area contributed by atoms with Crippen LogP contribution in [0.15, 0.2) is 18.3 Å². The normalized spacial score (nSPS) is 14.6. The summed E-state index contributed by atoms with van der Waals surface area (Å²) in [6.45, 7) is 1.57. The number of hydrogen-bond acceptors (Lipinski definition) is 5. The highest BCUT2D eigenvalue weighted by atomic mass is 19.1. The first-order chi connectivity index (χ1) is 7.97. The van der Waals surface area contributed by atoms with Crippen molar-refractivity contribution in [3.05, 3.63) is 35.7 Å². The number of aryl methyl sites for hydroxylation is 1. The number of tetrazole rings is 1. The lowest BCUT2D eigenvalue weighted by Crippen LogP contribution is -2.26. The molecule has 2 aromatic heterocycles. The molecule has 0 aromatic carbocycles. The Balaban J connectivity index is 2.21. The first kappa shape index (κ1) is 11.6. The molecule has 0 saturated carbocycles. The highest BCUT2D eigenvalue weighted by Crippen LogP contribution is 2.21. The molecule has 0 aliphatic carbocycles. The third-order valence-electron chi connectivity index (χ3n) is 2.33. The second-order valence-corrected chi connectivity index (χ2v) is 4.01. The van der Waals surface area contributed by atoms with Gasteiger partial charge in [0.15, 0.2) is 5.82 Å². The van der Waals surface area contributed by atoms with Crippen molar-refractivity contribution in [1.82, 2.24) is 25.2 Å². The van der Waals surface area contributed by atoms with Crippen molar-refractivity contribution in [3.8, 4) is 0 Å². The number of pyridine rings is 1. The van der Waals surface area contributed by atoms with Gasteiger partial charge < -0.3 is 5.11 Å². The van der Waals surface area contributed by atoms with Crippen molar-refractivity contribution in [3.63, 3.8) is 0 Å². The van der Waals surface area contributed by atoms with E-state index in [1.165, 1.54) is 16.9 Å². The summed E-state index contributed by atoms with van der Waals surface area (Å²) in [4.78, 5) is 5.15. The second-order valence-electron chi connectivity index (χ2n) is 4.01. The lowest BCUT2D eigenvalue weighted by Gasteiger charge is -2.20. The van der Waals surface area contributed by atoms with E-state index in [1.807, 2.05) is 0 Å². The minimum atomic E-state index is -1.25. The monoisotopic (exact) mass is 237 g/mol. The molecule has 0 aliphatic rings. The first-order valence-corrected chi connectivity index (χ1v) is 5.05. The third kappa shape index (κ3) is 2.62. The average molecular weight is 237 g/mol. The molecule has 0 saturated heterocycles. The van der Waals surface area contributed by atoms with Gasteiger partial charge in [-0.05, 0) is 24.3 Å². The summed E-state index contributed by atoms with van der Waals surface area (Å²) < 4.78 is 12.7. The van der Waals surface area contributed by atoms with Gasteiger partial charge in [-0.15, -0.1) is 10.2 Å². The quantitative estimate of drug-likeness (QED) is 0.824. The van der Waals surface area contributed by atoms with E-state index < -0.39 is 11.4 Å². The average Bonchev–Trinajstić information content (AvgIpc) is 2.63. The van der Waals surface area contributed by atoms with E-state index in [2.05, 4.69) is 20.4 Å². The Morgan fingerprint density at radius 2 is 2.24 bits per heavy atom. The number of hydrogen-bond donors (Lipinski definition) is 1. The minimum Gasteiger partial charge on any atom is -0.383 e. The van der Waals surface area contributed by atoms with Crippen LogP contribution in [0, 0.1) is 5.82 Å². The van der Waals surface area contributed by atoms with Crippen molar-refractivity contribution < 1.29 is 9.50 Å². The van der Waals surface area contributed by atoms with Crippen LogP contribution in [0.4, 0.5) is 4.39 Å². The van der Waals surface area contributed by atoms with E-state index >= 15 is 0 Å². The van der Waals surface area contributed by atoms with Gasteiger partial charge in [0.25, 0.3) is 0 Å². The molecule has 2 aromatic rings. The summed E-state index contributed by atoms with van der Waals surface area (Å²) in [5.41, 5.74) is -0.886. The van der Waals surface area contributed by atoms with E-state index in [9.17, 15) is 9.50 Å². The number of halogens is 1. The molecule has 0 radical (unpaired) electrons. The smallest absolute Gasteiger partial charge is 0.178 e. The van der Waals surface area contributed by atoms with Crippen molar-refractivity contribution in [2.75, 3.05) is 0 Å². The van der Waals surface area contributed by atoms with Crippen LogP contribution in [0.1, 0.15) is 18.4 Å². The molecule has 0 fully saturated rings. The Hall–Kier alpha value is -1.89. The predicted molar refractivity (Wildman–Crippen MR) is 56.3 cm³/mol.